The van der Waals surface area contributed by atoms with Crippen LogP contribution in [0.5, 0.6) is 0 Å². The molecule has 3 heteroatoms. The highest BCUT2D eigenvalue weighted by molar-refractivity contribution is 5.78. The van der Waals surface area contributed by atoms with E-state index in [1.165, 1.54) is 19.3 Å². The fraction of sp³-hybridized carbons (Fsp3) is 0.769. The summed E-state index contributed by atoms with van der Waals surface area (Å²) in [5.74, 6) is -0.457. The molecule has 0 aromatic carbocycles. The number of aliphatic hydroxyl groups is 1. The van der Waals surface area contributed by atoms with Gasteiger partial charge in [0.15, 0.2) is 0 Å². The third-order valence-corrected chi connectivity index (χ3v) is 3.02. The third kappa shape index (κ3) is 5.91. The smallest absolute Gasteiger partial charge is 0.327 e. The van der Waals surface area contributed by atoms with E-state index in [-0.39, 0.29) is 6.10 Å². The second-order valence-electron chi connectivity index (χ2n) is 5.37. The van der Waals surface area contributed by atoms with E-state index < -0.39 is 5.97 Å². The molecule has 0 amide bonds. The van der Waals surface area contributed by atoms with Crippen molar-refractivity contribution >= 4 is 5.97 Å². The second-order valence-corrected chi connectivity index (χ2v) is 5.37. The van der Waals surface area contributed by atoms with Crippen molar-refractivity contribution in [3.8, 4) is 0 Å². The Morgan fingerprint density at radius 1 is 1.31 bits per heavy atom. The zero-order valence-corrected chi connectivity index (χ0v) is 10.6. The van der Waals surface area contributed by atoms with Gasteiger partial charge in [0.2, 0.25) is 0 Å². The molecule has 0 spiro atoms. The summed E-state index contributed by atoms with van der Waals surface area (Å²) in [5.41, 5.74) is 0.292. The summed E-state index contributed by atoms with van der Waals surface area (Å²) in [4.78, 5) is 9.25. The van der Waals surface area contributed by atoms with Crippen LogP contribution in [0.2, 0.25) is 0 Å². The quantitative estimate of drug-likeness (QED) is 0.678. The van der Waals surface area contributed by atoms with Gasteiger partial charge >= 0.3 is 5.97 Å². The van der Waals surface area contributed by atoms with Crippen LogP contribution >= 0.6 is 0 Å². The molecule has 1 aliphatic rings. The molecule has 94 valence electrons. The van der Waals surface area contributed by atoms with Crippen LogP contribution in [0, 0.1) is 11.3 Å². The van der Waals surface area contributed by atoms with E-state index in [9.17, 15) is 9.90 Å². The molecule has 2 N–H and O–H groups in total. The highest BCUT2D eigenvalue weighted by Crippen LogP contribution is 2.37. The van der Waals surface area contributed by atoms with Gasteiger partial charge in [-0.2, -0.15) is 0 Å². The molecule has 0 aliphatic heterocycles. The van der Waals surface area contributed by atoms with E-state index in [4.69, 9.17) is 5.11 Å². The molecule has 0 aromatic heterocycles. The van der Waals surface area contributed by atoms with Crippen LogP contribution in [0.1, 0.15) is 46.5 Å². The van der Waals surface area contributed by atoms with Crippen LogP contribution in [-0.2, 0) is 4.79 Å². The van der Waals surface area contributed by atoms with Crippen molar-refractivity contribution in [2.75, 3.05) is 0 Å². The second kappa shape index (κ2) is 6.69. The Morgan fingerprint density at radius 3 is 2.00 bits per heavy atom. The van der Waals surface area contributed by atoms with Crippen LogP contribution in [0.3, 0.4) is 0 Å². The Balaban J connectivity index is 0.000000385. The van der Waals surface area contributed by atoms with Gasteiger partial charge in [-0.05, 0) is 24.2 Å². The lowest BCUT2D eigenvalue weighted by Crippen LogP contribution is -2.34. The summed E-state index contributed by atoms with van der Waals surface area (Å²) in [6.45, 7) is 9.65. The molecule has 1 saturated carbocycles. The first kappa shape index (κ1) is 15.2. The maximum atomic E-state index is 9.70. The van der Waals surface area contributed by atoms with Gasteiger partial charge < -0.3 is 10.2 Å². The number of aliphatic carboxylic acids is 1. The minimum Gasteiger partial charge on any atom is -0.478 e. The lowest BCUT2D eigenvalue weighted by Gasteiger charge is -2.37. The Hall–Kier alpha value is -0.830. The molecule has 0 heterocycles. The molecule has 16 heavy (non-hydrogen) atoms. The monoisotopic (exact) mass is 228 g/mol. The fourth-order valence-corrected chi connectivity index (χ4v) is 2.12. The molecule has 1 aliphatic carbocycles. The highest BCUT2D eigenvalue weighted by Gasteiger charge is 2.32. The first-order valence-electron chi connectivity index (χ1n) is 5.82. The normalized spacial score (nSPS) is 25.2. The average molecular weight is 228 g/mol. The van der Waals surface area contributed by atoms with E-state index in [0.29, 0.717) is 11.3 Å². The average Bonchev–Trinajstić information content (AvgIpc) is 2.17. The molecule has 2 unspecified atom stereocenters. The molecule has 1 rings (SSSR count). The maximum Gasteiger partial charge on any atom is 0.327 e. The van der Waals surface area contributed by atoms with E-state index in [1.54, 1.807) is 0 Å². The van der Waals surface area contributed by atoms with Crippen molar-refractivity contribution in [1.29, 1.82) is 0 Å². The number of carbonyl (C=O) groups is 1. The maximum absolute atomic E-state index is 9.70. The van der Waals surface area contributed by atoms with Gasteiger partial charge in [-0.1, -0.05) is 40.2 Å². The summed E-state index contributed by atoms with van der Waals surface area (Å²) >= 11 is 0. The van der Waals surface area contributed by atoms with Crippen LogP contribution in [0.25, 0.3) is 0 Å². The summed E-state index contributed by atoms with van der Waals surface area (Å²) in [6.07, 6.45) is 5.54. The summed E-state index contributed by atoms with van der Waals surface area (Å²) in [7, 11) is 0. The van der Waals surface area contributed by atoms with Gasteiger partial charge in [0.05, 0.1) is 6.10 Å². The van der Waals surface area contributed by atoms with Gasteiger partial charge in [-0.3, -0.25) is 0 Å². The third-order valence-electron chi connectivity index (χ3n) is 3.02. The molecule has 0 saturated heterocycles. The van der Waals surface area contributed by atoms with E-state index >= 15 is 0 Å². The number of hydrogen-bond acceptors (Lipinski definition) is 2. The summed E-state index contributed by atoms with van der Waals surface area (Å²) < 4.78 is 0. The molecule has 0 radical (unpaired) electrons. The van der Waals surface area contributed by atoms with Gasteiger partial charge in [0.1, 0.15) is 0 Å². The lowest BCUT2D eigenvalue weighted by atomic mass is 9.71. The number of carboxylic acid groups (broad SMARTS) is 1. The predicted molar refractivity (Wildman–Crippen MR) is 65.3 cm³/mol. The van der Waals surface area contributed by atoms with Crippen molar-refractivity contribution in [3.63, 3.8) is 0 Å². The zero-order chi connectivity index (χ0) is 12.8. The number of rotatable bonds is 1. The van der Waals surface area contributed by atoms with Crippen molar-refractivity contribution in [3.05, 3.63) is 12.7 Å². The minimum atomic E-state index is -0.981. The van der Waals surface area contributed by atoms with Gasteiger partial charge in [-0.15, -0.1) is 0 Å². The zero-order valence-electron chi connectivity index (χ0n) is 10.6. The Morgan fingerprint density at radius 2 is 1.75 bits per heavy atom. The van der Waals surface area contributed by atoms with Gasteiger partial charge in [-0.25, -0.2) is 4.79 Å². The molecular weight excluding hydrogens is 204 g/mol. The Labute approximate surface area is 98.2 Å². The minimum absolute atomic E-state index is 0.0382. The molecule has 3 nitrogen and oxygen atoms in total. The molecule has 1 fully saturated rings. The lowest BCUT2D eigenvalue weighted by molar-refractivity contribution is -0.131. The number of aliphatic hydroxyl groups excluding tert-OH is 1. The van der Waals surface area contributed by atoms with E-state index in [1.807, 2.05) is 0 Å². The first-order chi connectivity index (χ1) is 7.29. The van der Waals surface area contributed by atoms with Crippen molar-refractivity contribution in [2.45, 2.75) is 52.6 Å². The fourth-order valence-electron chi connectivity index (χ4n) is 2.12. The standard InChI is InChI=1S/C10H20O.C3H4O2/c1-10(2,3)8-6-4-5-7-9(8)11;1-2-3(4)5/h8-9,11H,4-7H2,1-3H3;2H,1H2,(H,4,5). The topological polar surface area (TPSA) is 57.5 Å². The highest BCUT2D eigenvalue weighted by atomic mass is 16.4. The predicted octanol–water partition coefficient (Wildman–Crippen LogP) is 2.84. The first-order valence-corrected chi connectivity index (χ1v) is 5.82. The van der Waals surface area contributed by atoms with Crippen molar-refractivity contribution in [1.82, 2.24) is 0 Å². The summed E-state index contributed by atoms with van der Waals surface area (Å²) in [5, 5.41) is 17.3. The number of carboxylic acids is 1. The van der Waals surface area contributed by atoms with Crippen molar-refractivity contribution in [2.24, 2.45) is 11.3 Å². The van der Waals surface area contributed by atoms with Crippen LogP contribution in [0.4, 0.5) is 0 Å². The number of hydrogen-bond donors (Lipinski definition) is 2. The molecule has 0 bridgehead atoms. The molecule has 2 atom stereocenters. The SMILES string of the molecule is C=CC(=O)O.CC(C)(C)C1CCCCC1O. The van der Waals surface area contributed by atoms with Crippen LogP contribution in [-0.4, -0.2) is 22.3 Å². The molecular formula is C13H24O3. The molecule has 0 aromatic rings. The van der Waals surface area contributed by atoms with E-state index in [0.717, 1.165) is 12.5 Å². The van der Waals surface area contributed by atoms with Crippen LogP contribution < -0.4 is 0 Å². The van der Waals surface area contributed by atoms with Crippen molar-refractivity contribution < 1.29 is 15.0 Å². The van der Waals surface area contributed by atoms with Gasteiger partial charge in [0, 0.05) is 6.08 Å². The Bertz CT molecular complexity index is 228. The largest absolute Gasteiger partial charge is 0.478 e. The summed E-state index contributed by atoms with van der Waals surface area (Å²) in [6, 6.07) is 0. The van der Waals surface area contributed by atoms with Gasteiger partial charge in [0.25, 0.3) is 0 Å². The van der Waals surface area contributed by atoms with E-state index in [2.05, 4.69) is 27.4 Å². The van der Waals surface area contributed by atoms with Crippen LogP contribution in [0.15, 0.2) is 12.7 Å². The Kier molecular flexibility index (Phi) is 6.34.